The van der Waals surface area contributed by atoms with Crippen LogP contribution in [0.2, 0.25) is 0 Å². The Kier molecular flexibility index (Phi) is 3.78. The first kappa shape index (κ1) is 15.8. The Labute approximate surface area is 131 Å². The quantitative estimate of drug-likeness (QED) is 0.768. The van der Waals surface area contributed by atoms with Crippen LogP contribution in [-0.2, 0) is 23.8 Å². The van der Waals surface area contributed by atoms with Gasteiger partial charge in [0.15, 0.2) is 18.3 Å². The van der Waals surface area contributed by atoms with Gasteiger partial charge >= 0.3 is 5.69 Å². The van der Waals surface area contributed by atoms with Crippen molar-refractivity contribution in [1.82, 2.24) is 9.55 Å². The van der Waals surface area contributed by atoms with Crippen molar-refractivity contribution in [3.8, 4) is 0 Å². The van der Waals surface area contributed by atoms with Crippen LogP contribution in [0, 0.1) is 0 Å². The largest absolute Gasteiger partial charge is 0.351 e. The summed E-state index contributed by atoms with van der Waals surface area (Å²) >= 11 is 0. The van der Waals surface area contributed by atoms with Crippen molar-refractivity contribution in [2.24, 2.45) is 0 Å². The van der Waals surface area contributed by atoms with E-state index in [1.807, 2.05) is 0 Å². The van der Waals surface area contributed by atoms with Gasteiger partial charge in [0.05, 0.1) is 0 Å². The first-order chi connectivity index (χ1) is 10.8. The maximum atomic E-state index is 12.2. The van der Waals surface area contributed by atoms with Gasteiger partial charge in [-0.15, -0.1) is 0 Å². The SMILES string of the molecule is CC(=O)Nc1ccn([C@@H]2O[C@H](C=O)[C@H]3OC(C)(C)O[C@H]32)c(=O)n1. The third-order valence-electron chi connectivity index (χ3n) is 3.61. The van der Waals surface area contributed by atoms with Gasteiger partial charge in [0, 0.05) is 13.1 Å². The van der Waals surface area contributed by atoms with E-state index in [1.54, 1.807) is 13.8 Å². The number of carbonyl (C=O) groups is 2. The van der Waals surface area contributed by atoms with E-state index in [0.29, 0.717) is 6.29 Å². The number of amides is 1. The van der Waals surface area contributed by atoms with Crippen molar-refractivity contribution in [3.63, 3.8) is 0 Å². The molecule has 3 heterocycles. The lowest BCUT2D eigenvalue weighted by Gasteiger charge is -2.23. The summed E-state index contributed by atoms with van der Waals surface area (Å²) in [6, 6.07) is 1.47. The number of hydrogen-bond donors (Lipinski definition) is 1. The van der Waals surface area contributed by atoms with Gasteiger partial charge in [-0.3, -0.25) is 9.36 Å². The highest BCUT2D eigenvalue weighted by atomic mass is 16.8. The van der Waals surface area contributed by atoms with E-state index in [1.165, 1.54) is 23.8 Å². The van der Waals surface area contributed by atoms with Gasteiger partial charge in [0.2, 0.25) is 5.91 Å². The van der Waals surface area contributed by atoms with Gasteiger partial charge in [0.25, 0.3) is 0 Å². The Morgan fingerprint density at radius 3 is 2.70 bits per heavy atom. The lowest BCUT2D eigenvalue weighted by Crippen LogP contribution is -2.35. The lowest BCUT2D eigenvalue weighted by molar-refractivity contribution is -0.195. The summed E-state index contributed by atoms with van der Waals surface area (Å²) < 4.78 is 18.2. The average Bonchev–Trinajstić information content (AvgIpc) is 2.91. The van der Waals surface area contributed by atoms with Crippen LogP contribution >= 0.6 is 0 Å². The Morgan fingerprint density at radius 2 is 2.09 bits per heavy atom. The second-order valence-corrected chi connectivity index (χ2v) is 5.88. The number of nitrogens with one attached hydrogen (secondary N) is 1. The molecule has 4 atom stereocenters. The van der Waals surface area contributed by atoms with Crippen LogP contribution in [0.5, 0.6) is 0 Å². The molecule has 0 bridgehead atoms. The van der Waals surface area contributed by atoms with Crippen molar-refractivity contribution in [2.45, 2.75) is 51.1 Å². The van der Waals surface area contributed by atoms with Gasteiger partial charge in [-0.1, -0.05) is 0 Å². The van der Waals surface area contributed by atoms with Crippen LogP contribution in [0.15, 0.2) is 17.1 Å². The van der Waals surface area contributed by atoms with Gasteiger partial charge in [0.1, 0.15) is 24.1 Å². The van der Waals surface area contributed by atoms with Crippen LogP contribution in [-0.4, -0.2) is 45.8 Å². The first-order valence-corrected chi connectivity index (χ1v) is 7.14. The first-order valence-electron chi connectivity index (χ1n) is 7.14. The standard InChI is InChI=1S/C14H17N3O6/c1-7(19)15-9-4-5-17(13(20)16-9)12-11-10(8(6-18)21-12)22-14(2,3)23-11/h4-6,8,10-12H,1-3H3,(H,15,16,19,20)/t8-,10-,11-,12-/m1/s1. The third kappa shape index (κ3) is 2.90. The van der Waals surface area contributed by atoms with Crippen molar-refractivity contribution in [2.75, 3.05) is 5.32 Å². The molecule has 0 radical (unpaired) electrons. The fourth-order valence-electron chi connectivity index (χ4n) is 2.80. The minimum absolute atomic E-state index is 0.143. The van der Waals surface area contributed by atoms with Crippen LogP contribution < -0.4 is 11.0 Å². The molecule has 23 heavy (non-hydrogen) atoms. The minimum Gasteiger partial charge on any atom is -0.341 e. The third-order valence-corrected chi connectivity index (χ3v) is 3.61. The maximum Gasteiger partial charge on any atom is 0.351 e. The highest BCUT2D eigenvalue weighted by Crippen LogP contribution is 2.41. The summed E-state index contributed by atoms with van der Waals surface area (Å²) in [6.45, 7) is 4.77. The summed E-state index contributed by atoms with van der Waals surface area (Å²) in [5, 5.41) is 2.43. The minimum atomic E-state index is -0.869. The molecule has 0 aliphatic carbocycles. The van der Waals surface area contributed by atoms with E-state index in [0.717, 1.165) is 0 Å². The Bertz CT molecular complexity index is 700. The smallest absolute Gasteiger partial charge is 0.341 e. The highest BCUT2D eigenvalue weighted by molar-refractivity contribution is 5.87. The lowest BCUT2D eigenvalue weighted by atomic mass is 10.1. The molecule has 124 valence electrons. The number of aromatic nitrogens is 2. The fourth-order valence-corrected chi connectivity index (χ4v) is 2.80. The Hall–Kier alpha value is -2.10. The molecule has 0 aromatic carbocycles. The molecule has 1 amide bonds. The molecule has 1 aromatic heterocycles. The van der Waals surface area contributed by atoms with E-state index in [-0.39, 0.29) is 11.7 Å². The van der Waals surface area contributed by atoms with Crippen molar-refractivity contribution < 1.29 is 23.8 Å². The van der Waals surface area contributed by atoms with Gasteiger partial charge in [-0.25, -0.2) is 4.79 Å². The zero-order chi connectivity index (χ0) is 16.8. The second kappa shape index (κ2) is 5.52. The topological polar surface area (TPSA) is 109 Å². The van der Waals surface area contributed by atoms with Gasteiger partial charge in [-0.05, 0) is 19.9 Å². The molecule has 3 rings (SSSR count). The number of aldehydes is 1. The monoisotopic (exact) mass is 323 g/mol. The highest BCUT2D eigenvalue weighted by Gasteiger charge is 2.56. The summed E-state index contributed by atoms with van der Waals surface area (Å²) in [4.78, 5) is 38.2. The van der Waals surface area contributed by atoms with E-state index >= 15 is 0 Å². The molecule has 1 aromatic rings. The molecule has 1 N–H and O–H groups in total. The molecule has 9 heteroatoms. The van der Waals surface area contributed by atoms with Crippen molar-refractivity contribution in [3.05, 3.63) is 22.7 Å². The molecule has 2 fully saturated rings. The van der Waals surface area contributed by atoms with Crippen LogP contribution in [0.4, 0.5) is 5.82 Å². The number of rotatable bonds is 3. The predicted octanol–water partition coefficient (Wildman–Crippen LogP) is -0.182. The molecule has 2 saturated heterocycles. The van der Waals surface area contributed by atoms with Crippen LogP contribution in [0.1, 0.15) is 27.0 Å². The van der Waals surface area contributed by atoms with Gasteiger partial charge in [-0.2, -0.15) is 4.98 Å². The predicted molar refractivity (Wildman–Crippen MR) is 76.6 cm³/mol. The maximum absolute atomic E-state index is 12.2. The van der Waals surface area contributed by atoms with E-state index in [2.05, 4.69) is 10.3 Å². The van der Waals surface area contributed by atoms with Crippen LogP contribution in [0.3, 0.4) is 0 Å². The number of carbonyl (C=O) groups excluding carboxylic acids is 2. The summed E-state index contributed by atoms with van der Waals surface area (Å²) in [5.41, 5.74) is -0.625. The average molecular weight is 323 g/mol. The van der Waals surface area contributed by atoms with Crippen molar-refractivity contribution in [1.29, 1.82) is 0 Å². The summed E-state index contributed by atoms with van der Waals surface area (Å²) in [7, 11) is 0. The molecule has 9 nitrogen and oxygen atoms in total. The van der Waals surface area contributed by atoms with Gasteiger partial charge < -0.3 is 24.3 Å². The van der Waals surface area contributed by atoms with E-state index < -0.39 is 36.0 Å². The summed E-state index contributed by atoms with van der Waals surface area (Å²) in [6.07, 6.45) is -0.783. The zero-order valence-corrected chi connectivity index (χ0v) is 12.9. The number of anilines is 1. The Balaban J connectivity index is 1.91. The molecule has 2 aliphatic rings. The molecule has 0 unspecified atom stereocenters. The van der Waals surface area contributed by atoms with Crippen molar-refractivity contribution >= 4 is 18.0 Å². The van der Waals surface area contributed by atoms with Crippen LogP contribution in [0.25, 0.3) is 0 Å². The molecule has 2 aliphatic heterocycles. The normalized spacial score (nSPS) is 31.6. The fraction of sp³-hybridized carbons (Fsp3) is 0.571. The molecule has 0 saturated carbocycles. The summed E-state index contributed by atoms with van der Waals surface area (Å²) in [5.74, 6) is -1.06. The number of fused-ring (bicyclic) bond motifs is 1. The number of nitrogens with zero attached hydrogens (tertiary/aromatic N) is 2. The molecular formula is C14H17N3O6. The number of hydrogen-bond acceptors (Lipinski definition) is 7. The second-order valence-electron chi connectivity index (χ2n) is 5.88. The zero-order valence-electron chi connectivity index (χ0n) is 12.9. The Morgan fingerprint density at radius 1 is 1.39 bits per heavy atom. The molecule has 0 spiro atoms. The molecular weight excluding hydrogens is 306 g/mol. The number of ether oxygens (including phenoxy) is 3. The van der Waals surface area contributed by atoms with E-state index in [9.17, 15) is 14.4 Å². The van der Waals surface area contributed by atoms with E-state index in [4.69, 9.17) is 14.2 Å².